The van der Waals surface area contributed by atoms with E-state index in [1.807, 2.05) is 0 Å². The molecule has 0 aromatic rings. The van der Waals surface area contributed by atoms with E-state index in [9.17, 15) is 4.79 Å². The van der Waals surface area contributed by atoms with Gasteiger partial charge in [0.25, 0.3) is 5.91 Å². The van der Waals surface area contributed by atoms with Crippen LogP contribution >= 0.6 is 0 Å². The van der Waals surface area contributed by atoms with Crippen LogP contribution in [0.15, 0.2) is 17.3 Å². The Morgan fingerprint density at radius 2 is 2.18 bits per heavy atom. The maximum Gasteiger partial charge on any atom is 0.250 e. The van der Waals surface area contributed by atoms with E-state index in [2.05, 4.69) is 4.99 Å². The molecule has 1 rings (SSSR count). The average Bonchev–Trinajstić information content (AvgIpc) is 2.67. The lowest BCUT2D eigenvalue weighted by atomic mass is 10.4. The molecule has 0 saturated heterocycles. The SMILES string of the molecule is N/C=C\C(N)=NC(=O)C1CC1. The van der Waals surface area contributed by atoms with Gasteiger partial charge in [0, 0.05) is 5.92 Å². The molecule has 1 aliphatic carbocycles. The second kappa shape index (κ2) is 3.18. The van der Waals surface area contributed by atoms with Gasteiger partial charge in [-0.1, -0.05) is 0 Å². The summed E-state index contributed by atoms with van der Waals surface area (Å²) in [6, 6.07) is 0. The lowest BCUT2D eigenvalue weighted by molar-refractivity contribution is -0.118. The Kier molecular flexibility index (Phi) is 2.25. The van der Waals surface area contributed by atoms with Crippen LogP contribution in [0.5, 0.6) is 0 Å². The van der Waals surface area contributed by atoms with Crippen molar-refractivity contribution in [1.82, 2.24) is 0 Å². The first-order valence-electron chi connectivity index (χ1n) is 3.50. The zero-order valence-electron chi connectivity index (χ0n) is 6.16. The Morgan fingerprint density at radius 1 is 1.55 bits per heavy atom. The topological polar surface area (TPSA) is 81.5 Å². The number of carbonyl (C=O) groups is 1. The fourth-order valence-electron chi connectivity index (χ4n) is 0.685. The van der Waals surface area contributed by atoms with Crippen LogP contribution in [0.3, 0.4) is 0 Å². The highest BCUT2D eigenvalue weighted by Crippen LogP contribution is 2.29. The minimum absolute atomic E-state index is 0.124. The van der Waals surface area contributed by atoms with Crippen molar-refractivity contribution in [3.8, 4) is 0 Å². The summed E-state index contributed by atoms with van der Waals surface area (Å²) in [6.07, 6.45) is 4.56. The predicted molar refractivity (Wildman–Crippen MR) is 42.7 cm³/mol. The van der Waals surface area contributed by atoms with Crippen molar-refractivity contribution in [3.05, 3.63) is 12.3 Å². The van der Waals surface area contributed by atoms with Gasteiger partial charge in [-0.05, 0) is 25.1 Å². The van der Waals surface area contributed by atoms with E-state index in [0.717, 1.165) is 12.8 Å². The Labute approximate surface area is 65.0 Å². The number of amides is 1. The normalized spacial score (nSPS) is 19.1. The molecule has 0 unspecified atom stereocenters. The summed E-state index contributed by atoms with van der Waals surface area (Å²) in [5, 5.41) is 0. The van der Waals surface area contributed by atoms with Gasteiger partial charge in [0.1, 0.15) is 5.84 Å². The van der Waals surface area contributed by atoms with Crippen LogP contribution in [-0.2, 0) is 4.79 Å². The molecule has 0 aromatic carbocycles. The molecule has 4 nitrogen and oxygen atoms in total. The van der Waals surface area contributed by atoms with E-state index in [4.69, 9.17) is 11.5 Å². The summed E-state index contributed by atoms with van der Waals surface area (Å²) in [5.41, 5.74) is 10.4. The quantitative estimate of drug-likeness (QED) is 0.424. The maximum atomic E-state index is 10.9. The Bertz CT molecular complexity index is 216. The molecule has 0 aliphatic heterocycles. The van der Waals surface area contributed by atoms with Crippen LogP contribution in [0.1, 0.15) is 12.8 Å². The largest absolute Gasteiger partial charge is 0.404 e. The van der Waals surface area contributed by atoms with Crippen LogP contribution in [0, 0.1) is 5.92 Å². The van der Waals surface area contributed by atoms with Gasteiger partial charge in [-0.25, -0.2) is 0 Å². The smallest absolute Gasteiger partial charge is 0.250 e. The van der Waals surface area contributed by atoms with Crippen LogP contribution in [-0.4, -0.2) is 11.7 Å². The Balaban J connectivity index is 2.48. The summed E-state index contributed by atoms with van der Waals surface area (Å²) in [4.78, 5) is 14.6. The van der Waals surface area contributed by atoms with Crippen LogP contribution in [0.4, 0.5) is 0 Å². The standard InChI is InChI=1S/C7H11N3O/c8-4-3-6(9)10-7(11)5-1-2-5/h3-5H,1-2,8H2,(H2,9,10,11)/b4-3-. The van der Waals surface area contributed by atoms with Crippen molar-refractivity contribution in [1.29, 1.82) is 0 Å². The first kappa shape index (κ1) is 7.78. The Hall–Kier alpha value is -1.32. The van der Waals surface area contributed by atoms with Crippen molar-refractivity contribution >= 4 is 11.7 Å². The molecule has 4 N–H and O–H groups in total. The van der Waals surface area contributed by atoms with E-state index in [1.165, 1.54) is 12.3 Å². The summed E-state index contributed by atoms with van der Waals surface area (Å²) in [6.45, 7) is 0. The number of hydrogen-bond donors (Lipinski definition) is 2. The zero-order chi connectivity index (χ0) is 8.27. The third kappa shape index (κ3) is 2.41. The van der Waals surface area contributed by atoms with Gasteiger partial charge in [0.15, 0.2) is 0 Å². The molecule has 1 fully saturated rings. The number of nitrogens with zero attached hydrogens (tertiary/aromatic N) is 1. The highest BCUT2D eigenvalue weighted by atomic mass is 16.1. The van der Waals surface area contributed by atoms with E-state index in [-0.39, 0.29) is 17.7 Å². The summed E-state index contributed by atoms with van der Waals surface area (Å²) in [7, 11) is 0. The third-order valence-electron chi connectivity index (χ3n) is 1.43. The summed E-state index contributed by atoms with van der Waals surface area (Å²) >= 11 is 0. The van der Waals surface area contributed by atoms with Crippen molar-refractivity contribution in [2.75, 3.05) is 0 Å². The predicted octanol–water partition coefficient (Wildman–Crippen LogP) is -0.247. The minimum atomic E-state index is -0.124. The third-order valence-corrected chi connectivity index (χ3v) is 1.43. The second-order valence-corrected chi connectivity index (χ2v) is 2.51. The number of amidine groups is 1. The lowest BCUT2D eigenvalue weighted by Gasteiger charge is -1.89. The molecule has 60 valence electrons. The summed E-state index contributed by atoms with van der Waals surface area (Å²) < 4.78 is 0. The molecular formula is C7H11N3O. The molecule has 1 saturated carbocycles. The van der Waals surface area contributed by atoms with E-state index < -0.39 is 0 Å². The maximum absolute atomic E-state index is 10.9. The van der Waals surface area contributed by atoms with Crippen molar-refractivity contribution in [3.63, 3.8) is 0 Å². The minimum Gasteiger partial charge on any atom is -0.404 e. The van der Waals surface area contributed by atoms with E-state index in [1.54, 1.807) is 0 Å². The first-order chi connectivity index (χ1) is 5.24. The molecule has 4 heteroatoms. The second-order valence-electron chi connectivity index (χ2n) is 2.51. The van der Waals surface area contributed by atoms with E-state index in [0.29, 0.717) is 0 Å². The highest BCUT2D eigenvalue weighted by molar-refractivity contribution is 6.00. The van der Waals surface area contributed by atoms with Gasteiger partial charge >= 0.3 is 0 Å². The molecule has 1 amide bonds. The molecule has 0 radical (unpaired) electrons. The van der Waals surface area contributed by atoms with Crippen LogP contribution in [0.2, 0.25) is 0 Å². The molecule has 0 atom stereocenters. The van der Waals surface area contributed by atoms with E-state index >= 15 is 0 Å². The van der Waals surface area contributed by atoms with Crippen molar-refractivity contribution in [2.24, 2.45) is 22.4 Å². The van der Waals surface area contributed by atoms with Crippen molar-refractivity contribution in [2.45, 2.75) is 12.8 Å². The first-order valence-corrected chi connectivity index (χ1v) is 3.50. The molecule has 0 aromatic heterocycles. The van der Waals surface area contributed by atoms with Gasteiger partial charge in [-0.15, -0.1) is 0 Å². The number of hydrogen-bond acceptors (Lipinski definition) is 2. The molecule has 0 bridgehead atoms. The van der Waals surface area contributed by atoms with Gasteiger partial charge < -0.3 is 11.5 Å². The van der Waals surface area contributed by atoms with Gasteiger partial charge in [-0.2, -0.15) is 4.99 Å². The highest BCUT2D eigenvalue weighted by Gasteiger charge is 2.29. The number of rotatable bonds is 2. The van der Waals surface area contributed by atoms with Crippen LogP contribution in [0.25, 0.3) is 0 Å². The van der Waals surface area contributed by atoms with Crippen LogP contribution < -0.4 is 11.5 Å². The molecule has 0 spiro atoms. The molecule has 11 heavy (non-hydrogen) atoms. The molecule has 1 aliphatic rings. The fourth-order valence-corrected chi connectivity index (χ4v) is 0.685. The Morgan fingerprint density at radius 3 is 2.64 bits per heavy atom. The monoisotopic (exact) mass is 153 g/mol. The fraction of sp³-hybridized carbons (Fsp3) is 0.429. The summed E-state index contributed by atoms with van der Waals surface area (Å²) in [5.74, 6) is 0.185. The number of carbonyl (C=O) groups excluding carboxylic acids is 1. The van der Waals surface area contributed by atoms with Gasteiger partial charge in [0.2, 0.25) is 0 Å². The van der Waals surface area contributed by atoms with Gasteiger partial charge in [-0.3, -0.25) is 4.79 Å². The number of aliphatic imine (C=N–C) groups is 1. The molecular weight excluding hydrogens is 142 g/mol. The van der Waals surface area contributed by atoms with Gasteiger partial charge in [0.05, 0.1) is 0 Å². The lowest BCUT2D eigenvalue weighted by Crippen LogP contribution is -2.12. The average molecular weight is 153 g/mol. The molecule has 0 heterocycles. The van der Waals surface area contributed by atoms with Crippen molar-refractivity contribution < 1.29 is 4.79 Å². The zero-order valence-corrected chi connectivity index (χ0v) is 6.16. The number of nitrogens with two attached hydrogens (primary N) is 2.